The van der Waals surface area contributed by atoms with Crippen molar-refractivity contribution in [3.63, 3.8) is 0 Å². The van der Waals surface area contributed by atoms with Crippen molar-refractivity contribution in [2.75, 3.05) is 11.0 Å². The highest BCUT2D eigenvalue weighted by Gasteiger charge is 2.11. The summed E-state index contributed by atoms with van der Waals surface area (Å²) in [5.41, 5.74) is 3.77. The highest BCUT2D eigenvalue weighted by atomic mass is 32.2. The Morgan fingerprint density at radius 2 is 1.65 bits per heavy atom. The van der Waals surface area contributed by atoms with E-state index in [1.807, 2.05) is 54.6 Å². The monoisotopic (exact) mass is 386 g/mol. The lowest BCUT2D eigenvalue weighted by Gasteiger charge is -2.04. The van der Waals surface area contributed by atoms with Crippen LogP contribution in [0.1, 0.15) is 11.3 Å². The Balaban J connectivity index is 1.60. The second-order valence-electron chi connectivity index (χ2n) is 5.97. The molecule has 0 radical (unpaired) electrons. The van der Waals surface area contributed by atoms with Gasteiger partial charge < -0.3 is 0 Å². The van der Waals surface area contributed by atoms with E-state index in [0.717, 1.165) is 22.9 Å². The second kappa shape index (κ2) is 7.80. The number of nitrogens with one attached hydrogen (secondary N) is 1. The fourth-order valence-electron chi connectivity index (χ4n) is 2.53. The first kappa shape index (κ1) is 18.3. The molecule has 0 saturated carbocycles. The lowest BCUT2D eigenvalue weighted by atomic mass is 10.0. The zero-order valence-corrected chi connectivity index (χ0v) is 15.8. The topological polar surface area (TPSA) is 76.1 Å². The van der Waals surface area contributed by atoms with Crippen LogP contribution in [-0.4, -0.2) is 25.4 Å². The average Bonchev–Trinajstić information content (AvgIpc) is 3.01. The highest BCUT2D eigenvalue weighted by molar-refractivity contribution is 7.92. The van der Waals surface area contributed by atoms with Crippen molar-refractivity contribution < 1.29 is 13.2 Å². The number of anilines is 1. The smallest absolute Gasteiger partial charge is 0.231 e. The molecular weight excluding hydrogens is 368 g/mol. The van der Waals surface area contributed by atoms with Crippen LogP contribution in [0.15, 0.2) is 60.0 Å². The molecule has 0 fully saturated rings. The number of hydrogen-bond donors (Lipinski definition) is 1. The van der Waals surface area contributed by atoms with Gasteiger partial charge in [0.25, 0.3) is 0 Å². The molecule has 3 aromatic rings. The van der Waals surface area contributed by atoms with E-state index in [0.29, 0.717) is 12.1 Å². The van der Waals surface area contributed by atoms with Gasteiger partial charge in [0.1, 0.15) is 5.78 Å². The normalized spacial score (nSPS) is 11.3. The van der Waals surface area contributed by atoms with Gasteiger partial charge in [-0.25, -0.2) is 13.4 Å². The summed E-state index contributed by atoms with van der Waals surface area (Å²) in [5, 5.41) is 1.98. The zero-order chi connectivity index (χ0) is 18.6. The van der Waals surface area contributed by atoms with Gasteiger partial charge in [0, 0.05) is 18.2 Å². The number of hydrogen-bond acceptors (Lipinski definition) is 5. The van der Waals surface area contributed by atoms with Crippen molar-refractivity contribution in [3.8, 4) is 11.1 Å². The number of ketones is 1. The Morgan fingerprint density at radius 1 is 1.00 bits per heavy atom. The molecule has 1 N–H and O–H groups in total. The molecule has 0 bridgehead atoms. The van der Waals surface area contributed by atoms with Crippen LogP contribution in [0.3, 0.4) is 0 Å². The van der Waals surface area contributed by atoms with Gasteiger partial charge in [0.05, 0.1) is 11.9 Å². The van der Waals surface area contributed by atoms with Gasteiger partial charge in [-0.15, -0.1) is 11.3 Å². The van der Waals surface area contributed by atoms with Gasteiger partial charge in [-0.2, -0.15) is 0 Å². The Labute approximate surface area is 156 Å². The molecule has 0 saturated heterocycles. The number of carbonyl (C=O) groups excluding carboxylic acids is 1. The molecule has 26 heavy (non-hydrogen) atoms. The molecule has 134 valence electrons. The van der Waals surface area contributed by atoms with E-state index in [1.54, 1.807) is 5.38 Å². The Morgan fingerprint density at radius 3 is 2.31 bits per heavy atom. The van der Waals surface area contributed by atoms with Gasteiger partial charge >= 0.3 is 0 Å². The van der Waals surface area contributed by atoms with Crippen molar-refractivity contribution in [1.29, 1.82) is 0 Å². The fraction of sp³-hybridized carbons (Fsp3) is 0.158. The predicted octanol–water partition coefficient (Wildman–Crippen LogP) is 3.54. The lowest BCUT2D eigenvalue weighted by molar-refractivity contribution is -0.117. The molecule has 0 aliphatic carbocycles. The number of thiazole rings is 1. The minimum absolute atomic E-state index is 0.0358. The van der Waals surface area contributed by atoms with E-state index >= 15 is 0 Å². The standard InChI is InChI=1S/C19H18N2O3S2/c1-26(23,24)21-19-20-17(13-25-19)12-18(22)11-14-7-9-16(10-8-14)15-5-3-2-4-6-15/h2-10,13H,11-12H2,1H3,(H,20,21). The number of rotatable bonds is 7. The summed E-state index contributed by atoms with van der Waals surface area (Å²) in [6.07, 6.45) is 1.57. The number of sulfonamides is 1. The molecule has 2 aromatic carbocycles. The van der Waals surface area contributed by atoms with Crippen molar-refractivity contribution >= 4 is 32.3 Å². The lowest BCUT2D eigenvalue weighted by Crippen LogP contribution is -2.10. The van der Waals surface area contributed by atoms with E-state index in [1.165, 1.54) is 11.3 Å². The van der Waals surface area contributed by atoms with Crippen LogP contribution in [0.5, 0.6) is 0 Å². The molecule has 0 aliphatic heterocycles. The predicted molar refractivity (Wildman–Crippen MR) is 105 cm³/mol. The molecule has 0 spiro atoms. The molecule has 0 aliphatic rings. The van der Waals surface area contributed by atoms with Crippen molar-refractivity contribution in [2.45, 2.75) is 12.8 Å². The summed E-state index contributed by atoms with van der Waals surface area (Å²) in [4.78, 5) is 16.4. The maximum atomic E-state index is 12.3. The number of nitrogens with zero attached hydrogens (tertiary/aromatic N) is 1. The molecule has 1 aromatic heterocycles. The van der Waals surface area contributed by atoms with E-state index in [2.05, 4.69) is 9.71 Å². The van der Waals surface area contributed by atoms with Gasteiger partial charge in [0.15, 0.2) is 5.13 Å². The quantitative estimate of drug-likeness (QED) is 0.674. The molecule has 5 nitrogen and oxygen atoms in total. The third-order valence-electron chi connectivity index (χ3n) is 3.67. The van der Waals surface area contributed by atoms with Crippen molar-refractivity contribution in [2.24, 2.45) is 0 Å². The SMILES string of the molecule is CS(=O)(=O)Nc1nc(CC(=O)Cc2ccc(-c3ccccc3)cc2)cs1. The second-order valence-corrected chi connectivity index (χ2v) is 8.58. The molecule has 0 unspecified atom stereocenters. The first-order valence-corrected chi connectivity index (χ1v) is 10.7. The summed E-state index contributed by atoms with van der Waals surface area (Å²) < 4.78 is 24.7. The summed E-state index contributed by atoms with van der Waals surface area (Å²) in [6.45, 7) is 0. The zero-order valence-electron chi connectivity index (χ0n) is 14.2. The van der Waals surface area contributed by atoms with Crippen LogP contribution in [0.4, 0.5) is 5.13 Å². The first-order valence-electron chi connectivity index (χ1n) is 7.97. The molecular formula is C19H18N2O3S2. The number of carbonyl (C=O) groups is 1. The van der Waals surface area contributed by atoms with Gasteiger partial charge in [-0.05, 0) is 16.7 Å². The van der Waals surface area contributed by atoms with Crippen LogP contribution in [0, 0.1) is 0 Å². The van der Waals surface area contributed by atoms with Crippen molar-refractivity contribution in [3.05, 3.63) is 71.2 Å². The summed E-state index contributed by atoms with van der Waals surface area (Å²) >= 11 is 1.17. The largest absolute Gasteiger partial charge is 0.299 e. The van der Waals surface area contributed by atoms with Crippen LogP contribution >= 0.6 is 11.3 Å². The average molecular weight is 386 g/mol. The van der Waals surface area contributed by atoms with Crippen LogP contribution in [0.2, 0.25) is 0 Å². The Bertz CT molecular complexity index is 995. The fourth-order valence-corrected chi connectivity index (χ4v) is 4.09. The first-order chi connectivity index (χ1) is 12.4. The maximum Gasteiger partial charge on any atom is 0.231 e. The summed E-state index contributed by atoms with van der Waals surface area (Å²) in [5.74, 6) is 0.0358. The van der Waals surface area contributed by atoms with E-state index in [-0.39, 0.29) is 17.3 Å². The third kappa shape index (κ3) is 5.24. The van der Waals surface area contributed by atoms with E-state index < -0.39 is 10.0 Å². The molecule has 3 rings (SSSR count). The number of benzene rings is 2. The molecule has 0 atom stereocenters. The summed E-state index contributed by atoms with van der Waals surface area (Å²) in [6, 6.07) is 18.0. The Kier molecular flexibility index (Phi) is 5.49. The third-order valence-corrected chi connectivity index (χ3v) is 5.16. The highest BCUT2D eigenvalue weighted by Crippen LogP contribution is 2.20. The Hall–Kier alpha value is -2.51. The van der Waals surface area contributed by atoms with Gasteiger partial charge in [0.2, 0.25) is 10.0 Å². The minimum Gasteiger partial charge on any atom is -0.299 e. The van der Waals surface area contributed by atoms with Crippen molar-refractivity contribution in [1.82, 2.24) is 4.98 Å². The van der Waals surface area contributed by atoms with Crippen LogP contribution in [-0.2, 0) is 27.7 Å². The summed E-state index contributed by atoms with van der Waals surface area (Å²) in [7, 11) is -3.35. The number of aromatic nitrogens is 1. The molecule has 7 heteroatoms. The van der Waals surface area contributed by atoms with E-state index in [9.17, 15) is 13.2 Å². The van der Waals surface area contributed by atoms with E-state index in [4.69, 9.17) is 0 Å². The van der Waals surface area contributed by atoms with Gasteiger partial charge in [-0.3, -0.25) is 9.52 Å². The van der Waals surface area contributed by atoms with Crippen LogP contribution in [0.25, 0.3) is 11.1 Å². The minimum atomic E-state index is -3.35. The molecule has 1 heterocycles. The van der Waals surface area contributed by atoms with Crippen LogP contribution < -0.4 is 4.72 Å². The maximum absolute atomic E-state index is 12.3. The van der Waals surface area contributed by atoms with Gasteiger partial charge in [-0.1, -0.05) is 54.6 Å². The molecule has 0 amide bonds. The number of Topliss-reactive ketones (excluding diaryl/α,β-unsaturated/α-hetero) is 1.